The van der Waals surface area contributed by atoms with Gasteiger partial charge in [0.05, 0.1) is 16.8 Å². The molecule has 0 radical (unpaired) electrons. The molecule has 3 rings (SSSR count). The summed E-state index contributed by atoms with van der Waals surface area (Å²) < 4.78 is 4.80. The van der Waals surface area contributed by atoms with Gasteiger partial charge in [0, 0.05) is 6.07 Å². The van der Waals surface area contributed by atoms with E-state index in [2.05, 4.69) is 5.16 Å². The van der Waals surface area contributed by atoms with Gasteiger partial charge in [0.2, 0.25) is 5.76 Å². The first kappa shape index (κ1) is 13.0. The molecule has 0 bridgehead atoms. The molecule has 21 heavy (non-hydrogen) atoms. The Labute approximate surface area is 119 Å². The Morgan fingerprint density at radius 2 is 1.86 bits per heavy atom. The second-order valence-corrected chi connectivity index (χ2v) is 4.37. The van der Waals surface area contributed by atoms with Gasteiger partial charge in [-0.25, -0.2) is 4.79 Å². The van der Waals surface area contributed by atoms with E-state index in [4.69, 9.17) is 9.36 Å². The van der Waals surface area contributed by atoms with E-state index in [9.17, 15) is 14.4 Å². The smallest absolute Gasteiger partial charge is 0.349 e. The molecule has 2 amide bonds. The molecular weight excluding hydrogens is 276 g/mol. The standard InChI is InChI=1S/C14H10N2O5/c1-2-8-7-11(20-15-8)14(19)21-16-12(17)9-5-3-4-6-10(9)13(16)18/h3-7H,2H2,1H3. The maximum Gasteiger partial charge on any atom is 0.401 e. The summed E-state index contributed by atoms with van der Waals surface area (Å²) in [5, 5.41) is 4.08. The van der Waals surface area contributed by atoms with E-state index in [0.717, 1.165) is 0 Å². The van der Waals surface area contributed by atoms with Crippen LogP contribution in [0.5, 0.6) is 0 Å². The fourth-order valence-corrected chi connectivity index (χ4v) is 1.95. The summed E-state index contributed by atoms with van der Waals surface area (Å²) in [5.41, 5.74) is 0.966. The lowest BCUT2D eigenvalue weighted by molar-refractivity contribution is -0.0607. The van der Waals surface area contributed by atoms with Gasteiger partial charge in [-0.05, 0) is 18.6 Å². The quantitative estimate of drug-likeness (QED) is 0.796. The summed E-state index contributed by atoms with van der Waals surface area (Å²) in [4.78, 5) is 40.7. The molecule has 1 aromatic carbocycles. The van der Waals surface area contributed by atoms with Crippen molar-refractivity contribution < 1.29 is 23.7 Å². The Bertz CT molecular complexity index is 714. The molecule has 1 aliphatic rings. The minimum Gasteiger partial charge on any atom is -0.349 e. The number of hydroxylamine groups is 2. The van der Waals surface area contributed by atoms with E-state index in [1.54, 1.807) is 12.1 Å². The fraction of sp³-hybridized carbons (Fsp3) is 0.143. The van der Waals surface area contributed by atoms with Crippen LogP contribution in [-0.2, 0) is 11.3 Å². The van der Waals surface area contributed by atoms with Gasteiger partial charge in [-0.15, -0.1) is 0 Å². The van der Waals surface area contributed by atoms with Crippen molar-refractivity contribution in [2.24, 2.45) is 0 Å². The number of benzene rings is 1. The van der Waals surface area contributed by atoms with Gasteiger partial charge in [0.1, 0.15) is 0 Å². The molecule has 0 spiro atoms. The summed E-state index contributed by atoms with van der Waals surface area (Å²) in [7, 11) is 0. The lowest BCUT2D eigenvalue weighted by Gasteiger charge is -2.10. The number of amides is 2. The molecule has 0 unspecified atom stereocenters. The predicted molar refractivity (Wildman–Crippen MR) is 68.2 cm³/mol. The highest BCUT2D eigenvalue weighted by Gasteiger charge is 2.39. The number of fused-ring (bicyclic) bond motifs is 1. The Balaban J connectivity index is 1.82. The molecule has 106 valence electrons. The second kappa shape index (κ2) is 4.86. The third kappa shape index (κ3) is 2.08. The summed E-state index contributed by atoms with van der Waals surface area (Å²) >= 11 is 0. The summed E-state index contributed by atoms with van der Waals surface area (Å²) in [5.74, 6) is -2.47. The first-order chi connectivity index (χ1) is 10.1. The third-order valence-corrected chi connectivity index (χ3v) is 3.05. The van der Waals surface area contributed by atoms with Gasteiger partial charge in [0.15, 0.2) is 0 Å². The monoisotopic (exact) mass is 286 g/mol. The third-order valence-electron chi connectivity index (χ3n) is 3.05. The summed E-state index contributed by atoms with van der Waals surface area (Å²) in [6, 6.07) is 7.64. The van der Waals surface area contributed by atoms with Crippen molar-refractivity contribution in [3.8, 4) is 0 Å². The average molecular weight is 286 g/mol. The highest BCUT2D eigenvalue weighted by Crippen LogP contribution is 2.23. The molecule has 0 atom stereocenters. The number of carbonyl (C=O) groups excluding carboxylic acids is 3. The van der Waals surface area contributed by atoms with Crippen molar-refractivity contribution >= 4 is 17.8 Å². The van der Waals surface area contributed by atoms with Crippen LogP contribution < -0.4 is 0 Å². The van der Waals surface area contributed by atoms with Crippen molar-refractivity contribution in [2.75, 3.05) is 0 Å². The summed E-state index contributed by atoms with van der Waals surface area (Å²) in [6.07, 6.45) is 0.587. The van der Waals surface area contributed by atoms with E-state index < -0.39 is 17.8 Å². The number of imide groups is 1. The fourth-order valence-electron chi connectivity index (χ4n) is 1.95. The Hall–Kier alpha value is -2.96. The van der Waals surface area contributed by atoms with Gasteiger partial charge in [-0.1, -0.05) is 29.3 Å². The van der Waals surface area contributed by atoms with Gasteiger partial charge in [0.25, 0.3) is 11.8 Å². The molecule has 0 fully saturated rings. The van der Waals surface area contributed by atoms with E-state index >= 15 is 0 Å². The van der Waals surface area contributed by atoms with Crippen molar-refractivity contribution in [3.05, 3.63) is 52.9 Å². The Kier molecular flexibility index (Phi) is 3.02. The van der Waals surface area contributed by atoms with Crippen LogP contribution >= 0.6 is 0 Å². The number of nitrogens with zero attached hydrogens (tertiary/aromatic N) is 2. The molecule has 0 aliphatic carbocycles. The number of hydrogen-bond acceptors (Lipinski definition) is 6. The lowest BCUT2D eigenvalue weighted by Crippen LogP contribution is -2.32. The molecule has 0 saturated heterocycles. The van der Waals surface area contributed by atoms with Crippen LogP contribution in [0.1, 0.15) is 43.9 Å². The molecule has 2 heterocycles. The normalized spacial score (nSPS) is 13.5. The largest absolute Gasteiger partial charge is 0.401 e. The van der Waals surface area contributed by atoms with Crippen LogP contribution in [-0.4, -0.2) is 28.0 Å². The molecule has 1 aromatic heterocycles. The molecule has 2 aromatic rings. The molecule has 7 nitrogen and oxygen atoms in total. The zero-order chi connectivity index (χ0) is 15.0. The molecule has 1 aliphatic heterocycles. The van der Waals surface area contributed by atoms with Crippen LogP contribution in [0.15, 0.2) is 34.9 Å². The average Bonchev–Trinajstić information content (AvgIpc) is 3.07. The Morgan fingerprint density at radius 3 is 2.38 bits per heavy atom. The van der Waals surface area contributed by atoms with E-state index in [1.165, 1.54) is 18.2 Å². The number of rotatable bonds is 3. The van der Waals surface area contributed by atoms with Crippen molar-refractivity contribution in [3.63, 3.8) is 0 Å². The number of carbonyl (C=O) groups is 3. The van der Waals surface area contributed by atoms with Crippen LogP contribution in [0.2, 0.25) is 0 Å². The van der Waals surface area contributed by atoms with Gasteiger partial charge < -0.3 is 9.36 Å². The maximum atomic E-state index is 12.0. The van der Waals surface area contributed by atoms with Crippen molar-refractivity contribution in [2.45, 2.75) is 13.3 Å². The van der Waals surface area contributed by atoms with Crippen molar-refractivity contribution in [1.82, 2.24) is 10.2 Å². The number of aryl methyl sites for hydroxylation is 1. The zero-order valence-electron chi connectivity index (χ0n) is 11.0. The minimum absolute atomic E-state index is 0.164. The van der Waals surface area contributed by atoms with E-state index in [1.807, 2.05) is 6.92 Å². The lowest BCUT2D eigenvalue weighted by atomic mass is 10.1. The molecule has 7 heteroatoms. The molecule has 0 saturated carbocycles. The van der Waals surface area contributed by atoms with Crippen molar-refractivity contribution in [1.29, 1.82) is 0 Å². The summed E-state index contributed by atoms with van der Waals surface area (Å²) in [6.45, 7) is 1.84. The minimum atomic E-state index is -0.947. The molecular formula is C14H10N2O5. The molecule has 0 N–H and O–H groups in total. The predicted octanol–water partition coefficient (Wildman–Crippen LogP) is 1.60. The number of hydrogen-bond donors (Lipinski definition) is 0. The zero-order valence-corrected chi connectivity index (χ0v) is 11.0. The van der Waals surface area contributed by atoms with Crippen LogP contribution in [0.25, 0.3) is 0 Å². The second-order valence-electron chi connectivity index (χ2n) is 4.37. The van der Waals surface area contributed by atoms with E-state index in [-0.39, 0.29) is 16.9 Å². The first-order valence-electron chi connectivity index (χ1n) is 6.27. The topological polar surface area (TPSA) is 89.7 Å². The Morgan fingerprint density at radius 1 is 1.24 bits per heavy atom. The van der Waals surface area contributed by atoms with E-state index in [0.29, 0.717) is 17.2 Å². The van der Waals surface area contributed by atoms with Gasteiger partial charge in [-0.3, -0.25) is 9.59 Å². The number of aromatic nitrogens is 1. The van der Waals surface area contributed by atoms with Gasteiger partial charge >= 0.3 is 5.97 Å². The highest BCUT2D eigenvalue weighted by molar-refractivity contribution is 6.21. The van der Waals surface area contributed by atoms with Crippen LogP contribution in [0.3, 0.4) is 0 Å². The van der Waals surface area contributed by atoms with Crippen LogP contribution in [0, 0.1) is 0 Å². The maximum absolute atomic E-state index is 12.0. The van der Waals surface area contributed by atoms with Gasteiger partial charge in [-0.2, -0.15) is 0 Å². The highest BCUT2D eigenvalue weighted by atomic mass is 16.7. The SMILES string of the molecule is CCc1cc(C(=O)ON2C(=O)c3ccccc3C2=O)on1. The first-order valence-corrected chi connectivity index (χ1v) is 6.27. The van der Waals surface area contributed by atoms with Crippen LogP contribution in [0.4, 0.5) is 0 Å².